The smallest absolute Gasteiger partial charge is 0.120 e. The van der Waals surface area contributed by atoms with Crippen molar-refractivity contribution in [1.29, 1.82) is 0 Å². The second kappa shape index (κ2) is 5.13. The van der Waals surface area contributed by atoms with Crippen LogP contribution in [0.15, 0.2) is 12.2 Å². The Morgan fingerprint density at radius 2 is 1.92 bits per heavy atom. The third-order valence-corrected chi connectivity index (χ3v) is 1.66. The molecule has 1 unspecified atom stereocenters. The number of aldehydes is 1. The van der Waals surface area contributed by atoms with Crippen molar-refractivity contribution in [2.24, 2.45) is 11.3 Å². The first kappa shape index (κ1) is 11.4. The molecule has 0 fully saturated rings. The van der Waals surface area contributed by atoms with Gasteiger partial charge in [0.25, 0.3) is 0 Å². The first-order valence-electron chi connectivity index (χ1n) is 4.56. The zero-order chi connectivity index (χ0) is 9.61. The molecular weight excluding hydrogens is 148 g/mol. The normalized spacial score (nSPS) is 15.0. The highest BCUT2D eigenvalue weighted by molar-refractivity contribution is 5.50. The van der Waals surface area contributed by atoms with Gasteiger partial charge in [-0.25, -0.2) is 0 Å². The van der Waals surface area contributed by atoms with E-state index in [4.69, 9.17) is 0 Å². The van der Waals surface area contributed by atoms with Crippen molar-refractivity contribution in [2.45, 2.75) is 40.5 Å². The van der Waals surface area contributed by atoms with Crippen molar-refractivity contribution in [3.63, 3.8) is 0 Å². The fraction of sp³-hybridized carbons (Fsp3) is 0.727. The molecule has 0 aromatic carbocycles. The predicted octanol–water partition coefficient (Wildman–Crippen LogP) is 3.20. The molecule has 0 bridgehead atoms. The lowest BCUT2D eigenvalue weighted by Gasteiger charge is -2.14. The fourth-order valence-corrected chi connectivity index (χ4v) is 0.884. The third kappa shape index (κ3) is 7.52. The van der Waals surface area contributed by atoms with Gasteiger partial charge in [-0.15, -0.1) is 0 Å². The Bertz CT molecular complexity index is 151. The van der Waals surface area contributed by atoms with Crippen molar-refractivity contribution in [3.8, 4) is 0 Å². The number of rotatable bonds is 4. The molecule has 0 aliphatic heterocycles. The number of hydrogen-bond acceptors (Lipinski definition) is 1. The van der Waals surface area contributed by atoms with Crippen LogP contribution in [0.4, 0.5) is 0 Å². The molecule has 0 N–H and O–H groups in total. The van der Waals surface area contributed by atoms with E-state index in [1.807, 2.05) is 0 Å². The van der Waals surface area contributed by atoms with E-state index in [0.717, 1.165) is 12.7 Å². The van der Waals surface area contributed by atoms with Crippen LogP contribution in [0.5, 0.6) is 0 Å². The van der Waals surface area contributed by atoms with Gasteiger partial charge in [0.1, 0.15) is 6.29 Å². The van der Waals surface area contributed by atoms with Crippen LogP contribution in [0, 0.1) is 11.3 Å². The topological polar surface area (TPSA) is 17.1 Å². The summed E-state index contributed by atoms with van der Waals surface area (Å²) in [6.07, 6.45) is 7.00. The van der Waals surface area contributed by atoms with E-state index >= 15 is 0 Å². The summed E-state index contributed by atoms with van der Waals surface area (Å²) in [6, 6.07) is 0. The van der Waals surface area contributed by atoms with Crippen LogP contribution < -0.4 is 0 Å². The van der Waals surface area contributed by atoms with Crippen LogP contribution >= 0.6 is 0 Å². The van der Waals surface area contributed by atoms with E-state index in [0.29, 0.717) is 17.8 Å². The minimum absolute atomic E-state index is 0.359. The summed E-state index contributed by atoms with van der Waals surface area (Å²) in [5.41, 5.74) is 0.359. The predicted molar refractivity (Wildman–Crippen MR) is 53.1 cm³/mol. The quantitative estimate of drug-likeness (QED) is 0.465. The molecule has 0 spiro atoms. The highest BCUT2D eigenvalue weighted by Crippen LogP contribution is 2.19. The van der Waals surface area contributed by atoms with E-state index < -0.39 is 0 Å². The molecule has 1 nitrogen and oxygen atoms in total. The first-order valence-corrected chi connectivity index (χ1v) is 4.56. The SMILES string of the molecule is CC(/C=C/CC(C)(C)C)CC=O. The third-order valence-electron chi connectivity index (χ3n) is 1.66. The number of carbonyl (C=O) groups is 1. The van der Waals surface area contributed by atoms with Gasteiger partial charge in [0.15, 0.2) is 0 Å². The van der Waals surface area contributed by atoms with Crippen molar-refractivity contribution in [2.75, 3.05) is 0 Å². The molecule has 0 amide bonds. The van der Waals surface area contributed by atoms with Gasteiger partial charge in [-0.1, -0.05) is 39.8 Å². The monoisotopic (exact) mass is 168 g/mol. The van der Waals surface area contributed by atoms with Crippen molar-refractivity contribution >= 4 is 6.29 Å². The molecule has 0 saturated carbocycles. The molecule has 1 heteroatoms. The Labute approximate surface area is 75.9 Å². The molecule has 1 atom stereocenters. The second-order valence-corrected chi connectivity index (χ2v) is 4.57. The van der Waals surface area contributed by atoms with E-state index in [9.17, 15) is 4.79 Å². The molecule has 0 saturated heterocycles. The zero-order valence-corrected chi connectivity index (χ0v) is 8.63. The summed E-state index contributed by atoms with van der Waals surface area (Å²) < 4.78 is 0. The van der Waals surface area contributed by atoms with Gasteiger partial charge in [0.05, 0.1) is 0 Å². The lowest BCUT2D eigenvalue weighted by molar-refractivity contribution is -0.108. The molecule has 0 radical (unpaired) electrons. The summed E-state index contributed by atoms with van der Waals surface area (Å²) >= 11 is 0. The van der Waals surface area contributed by atoms with E-state index in [1.54, 1.807) is 0 Å². The maximum absolute atomic E-state index is 10.1. The molecule has 0 aliphatic rings. The Morgan fingerprint density at radius 3 is 2.33 bits per heavy atom. The Hall–Kier alpha value is -0.590. The summed E-state index contributed by atoms with van der Waals surface area (Å²) in [6.45, 7) is 8.69. The molecule has 12 heavy (non-hydrogen) atoms. The number of hydrogen-bond donors (Lipinski definition) is 0. The van der Waals surface area contributed by atoms with Crippen molar-refractivity contribution in [3.05, 3.63) is 12.2 Å². The van der Waals surface area contributed by atoms with Crippen LogP contribution in [0.2, 0.25) is 0 Å². The van der Waals surface area contributed by atoms with Crippen LogP contribution in [0.3, 0.4) is 0 Å². The van der Waals surface area contributed by atoms with E-state index in [-0.39, 0.29) is 0 Å². The summed E-state index contributed by atoms with van der Waals surface area (Å²) in [4.78, 5) is 10.1. The molecule has 0 aromatic heterocycles. The molecule has 0 rings (SSSR count). The van der Waals surface area contributed by atoms with Crippen LogP contribution in [-0.4, -0.2) is 6.29 Å². The minimum atomic E-state index is 0.359. The van der Waals surface area contributed by atoms with Crippen LogP contribution in [0.1, 0.15) is 40.5 Å². The summed E-state index contributed by atoms with van der Waals surface area (Å²) in [5, 5.41) is 0. The molecule has 0 aliphatic carbocycles. The Balaban J connectivity index is 3.68. The van der Waals surface area contributed by atoms with Gasteiger partial charge >= 0.3 is 0 Å². The highest BCUT2D eigenvalue weighted by Gasteiger charge is 2.06. The van der Waals surface area contributed by atoms with Crippen molar-refractivity contribution in [1.82, 2.24) is 0 Å². The zero-order valence-electron chi connectivity index (χ0n) is 8.63. The second-order valence-electron chi connectivity index (χ2n) is 4.57. The lowest BCUT2D eigenvalue weighted by atomic mass is 9.91. The maximum atomic E-state index is 10.1. The maximum Gasteiger partial charge on any atom is 0.120 e. The average Bonchev–Trinajstić information content (AvgIpc) is 1.84. The molecule has 70 valence electrons. The summed E-state index contributed by atoms with van der Waals surface area (Å²) in [5.74, 6) is 0.393. The molecule has 0 aromatic rings. The average molecular weight is 168 g/mol. The van der Waals surface area contributed by atoms with Crippen LogP contribution in [-0.2, 0) is 4.79 Å². The van der Waals surface area contributed by atoms with Gasteiger partial charge in [0.2, 0.25) is 0 Å². The Kier molecular flexibility index (Phi) is 4.87. The lowest BCUT2D eigenvalue weighted by Crippen LogP contribution is -2.02. The first-order chi connectivity index (χ1) is 5.45. The van der Waals surface area contributed by atoms with Crippen LogP contribution in [0.25, 0.3) is 0 Å². The van der Waals surface area contributed by atoms with E-state index in [1.165, 1.54) is 0 Å². The van der Waals surface area contributed by atoms with Gasteiger partial charge in [-0.05, 0) is 17.8 Å². The number of allylic oxidation sites excluding steroid dienone is 2. The number of carbonyl (C=O) groups excluding carboxylic acids is 1. The Morgan fingerprint density at radius 1 is 1.33 bits per heavy atom. The highest BCUT2D eigenvalue weighted by atomic mass is 16.1. The largest absolute Gasteiger partial charge is 0.303 e. The van der Waals surface area contributed by atoms with E-state index in [2.05, 4.69) is 39.8 Å². The minimum Gasteiger partial charge on any atom is -0.303 e. The van der Waals surface area contributed by atoms with Gasteiger partial charge in [-0.2, -0.15) is 0 Å². The molecular formula is C11H20O. The molecule has 0 heterocycles. The van der Waals surface area contributed by atoms with Gasteiger partial charge in [0, 0.05) is 6.42 Å². The standard InChI is InChI=1S/C11H20O/c1-10(7-9-12)6-5-8-11(2,3)4/h5-6,9-10H,7-8H2,1-4H3/b6-5+. The summed E-state index contributed by atoms with van der Waals surface area (Å²) in [7, 11) is 0. The fourth-order valence-electron chi connectivity index (χ4n) is 0.884. The van der Waals surface area contributed by atoms with Crippen molar-refractivity contribution < 1.29 is 4.79 Å². The van der Waals surface area contributed by atoms with Gasteiger partial charge in [-0.3, -0.25) is 0 Å². The van der Waals surface area contributed by atoms with Gasteiger partial charge < -0.3 is 4.79 Å².